The Morgan fingerprint density at radius 1 is 1.67 bits per heavy atom. The number of anilines is 1. The van der Waals surface area contributed by atoms with Crippen LogP contribution in [0.2, 0.25) is 0 Å². The lowest BCUT2D eigenvalue weighted by molar-refractivity contribution is -0.141. The number of rotatable bonds is 2. The molecule has 1 unspecified atom stereocenters. The van der Waals surface area contributed by atoms with Crippen LogP contribution in [-0.4, -0.2) is 35.6 Å². The van der Waals surface area contributed by atoms with Gasteiger partial charge in [-0.05, 0) is 18.9 Å². The lowest BCUT2D eigenvalue weighted by Gasteiger charge is -2.23. The van der Waals surface area contributed by atoms with Crippen molar-refractivity contribution >= 4 is 11.8 Å². The Morgan fingerprint density at radius 2 is 2.53 bits per heavy atom. The highest BCUT2D eigenvalue weighted by Gasteiger charge is 2.32. The number of hydrogen-bond acceptors (Lipinski definition) is 5. The number of aromatic nitrogens is 2. The zero-order valence-corrected chi connectivity index (χ0v) is 8.59. The van der Waals surface area contributed by atoms with Gasteiger partial charge in [0.15, 0.2) is 0 Å². The van der Waals surface area contributed by atoms with Gasteiger partial charge in [0.2, 0.25) is 0 Å². The quantitative estimate of drug-likeness (QED) is 0.665. The Labute approximate surface area is 88.1 Å². The van der Waals surface area contributed by atoms with Crippen LogP contribution in [-0.2, 0) is 9.53 Å². The molecule has 0 bridgehead atoms. The second-order valence-electron chi connectivity index (χ2n) is 3.44. The average Bonchev–Trinajstić information content (AvgIpc) is 2.78. The number of nitrogens with zero attached hydrogens (tertiary/aromatic N) is 3. The van der Waals surface area contributed by atoms with Crippen LogP contribution in [0, 0.1) is 0 Å². The monoisotopic (exact) mass is 207 g/mol. The van der Waals surface area contributed by atoms with E-state index in [4.69, 9.17) is 4.74 Å². The molecule has 5 heteroatoms. The molecule has 2 heterocycles. The number of ether oxygens (including phenoxy) is 1. The Balaban J connectivity index is 2.18. The van der Waals surface area contributed by atoms with Gasteiger partial charge in [-0.25, -0.2) is 14.8 Å². The number of esters is 1. The Bertz CT molecular complexity index is 342. The molecule has 1 aliphatic rings. The second-order valence-corrected chi connectivity index (χ2v) is 3.44. The highest BCUT2D eigenvalue weighted by atomic mass is 16.5. The average molecular weight is 207 g/mol. The summed E-state index contributed by atoms with van der Waals surface area (Å²) in [6.07, 6.45) is 4.98. The summed E-state index contributed by atoms with van der Waals surface area (Å²) in [5.41, 5.74) is 0. The second kappa shape index (κ2) is 4.25. The summed E-state index contributed by atoms with van der Waals surface area (Å²) >= 11 is 0. The van der Waals surface area contributed by atoms with Crippen molar-refractivity contribution in [3.8, 4) is 0 Å². The highest BCUT2D eigenvalue weighted by molar-refractivity contribution is 5.80. The topological polar surface area (TPSA) is 55.3 Å². The fourth-order valence-electron chi connectivity index (χ4n) is 1.88. The largest absolute Gasteiger partial charge is 0.467 e. The Morgan fingerprint density at radius 3 is 3.20 bits per heavy atom. The molecule has 0 aliphatic carbocycles. The van der Waals surface area contributed by atoms with Gasteiger partial charge < -0.3 is 9.64 Å². The van der Waals surface area contributed by atoms with E-state index in [0.717, 1.165) is 25.2 Å². The first kappa shape index (κ1) is 9.89. The first-order valence-corrected chi connectivity index (χ1v) is 4.93. The van der Waals surface area contributed by atoms with Crippen LogP contribution in [0.5, 0.6) is 0 Å². The molecule has 0 radical (unpaired) electrons. The van der Waals surface area contributed by atoms with Crippen molar-refractivity contribution in [2.75, 3.05) is 18.6 Å². The molecule has 1 saturated heterocycles. The molecular formula is C10H13N3O2. The molecule has 80 valence electrons. The predicted octanol–water partition coefficient (Wildman–Crippen LogP) is 0.618. The number of carbonyl (C=O) groups is 1. The van der Waals surface area contributed by atoms with Crippen molar-refractivity contribution in [3.05, 3.63) is 18.6 Å². The van der Waals surface area contributed by atoms with E-state index >= 15 is 0 Å². The Hall–Kier alpha value is -1.65. The SMILES string of the molecule is COC(=O)C1CCCN1c1ccncn1. The standard InChI is InChI=1S/C10H13N3O2/c1-15-10(14)8-3-2-6-13(8)9-4-5-11-7-12-9/h4-5,7-8H,2-3,6H2,1H3. The number of hydrogen-bond donors (Lipinski definition) is 0. The van der Waals surface area contributed by atoms with Crippen LogP contribution in [0.4, 0.5) is 5.82 Å². The lowest BCUT2D eigenvalue weighted by atomic mass is 10.2. The van der Waals surface area contributed by atoms with E-state index in [0.29, 0.717) is 0 Å². The first-order chi connectivity index (χ1) is 7.33. The van der Waals surface area contributed by atoms with Crippen LogP contribution in [0.25, 0.3) is 0 Å². The van der Waals surface area contributed by atoms with Gasteiger partial charge in [0.25, 0.3) is 0 Å². The smallest absolute Gasteiger partial charge is 0.328 e. The van der Waals surface area contributed by atoms with Crippen molar-refractivity contribution in [2.24, 2.45) is 0 Å². The third-order valence-corrected chi connectivity index (χ3v) is 2.59. The zero-order chi connectivity index (χ0) is 10.7. The number of carbonyl (C=O) groups excluding carboxylic acids is 1. The van der Waals surface area contributed by atoms with E-state index in [1.54, 1.807) is 12.3 Å². The van der Waals surface area contributed by atoms with E-state index in [1.165, 1.54) is 13.4 Å². The van der Waals surface area contributed by atoms with Gasteiger partial charge in [0, 0.05) is 12.7 Å². The summed E-state index contributed by atoms with van der Waals surface area (Å²) in [6, 6.07) is 1.62. The molecule has 0 amide bonds. The molecule has 1 aromatic rings. The van der Waals surface area contributed by atoms with Crippen LogP contribution in [0.1, 0.15) is 12.8 Å². The van der Waals surface area contributed by atoms with Gasteiger partial charge >= 0.3 is 5.97 Å². The maximum Gasteiger partial charge on any atom is 0.328 e. The molecule has 0 N–H and O–H groups in total. The molecule has 1 aliphatic heterocycles. The third kappa shape index (κ3) is 1.91. The van der Waals surface area contributed by atoms with Gasteiger partial charge in [0.1, 0.15) is 18.2 Å². The van der Waals surface area contributed by atoms with Crippen LogP contribution in [0.15, 0.2) is 18.6 Å². The summed E-state index contributed by atoms with van der Waals surface area (Å²) in [5.74, 6) is 0.601. The van der Waals surface area contributed by atoms with Crippen molar-refractivity contribution in [1.82, 2.24) is 9.97 Å². The van der Waals surface area contributed by atoms with Gasteiger partial charge in [-0.1, -0.05) is 0 Å². The minimum Gasteiger partial charge on any atom is -0.467 e. The lowest BCUT2D eigenvalue weighted by Crippen LogP contribution is -2.37. The normalized spacial score (nSPS) is 20.3. The van der Waals surface area contributed by atoms with Gasteiger partial charge in [0.05, 0.1) is 7.11 Å². The Kier molecular flexibility index (Phi) is 2.80. The minimum atomic E-state index is -0.190. The highest BCUT2D eigenvalue weighted by Crippen LogP contribution is 2.23. The van der Waals surface area contributed by atoms with Gasteiger partial charge in [-0.2, -0.15) is 0 Å². The van der Waals surface area contributed by atoms with Crippen molar-refractivity contribution in [2.45, 2.75) is 18.9 Å². The fraction of sp³-hybridized carbons (Fsp3) is 0.500. The molecule has 0 saturated carbocycles. The maximum atomic E-state index is 11.5. The van der Waals surface area contributed by atoms with E-state index in [9.17, 15) is 4.79 Å². The van der Waals surface area contributed by atoms with Gasteiger partial charge in [-0.15, -0.1) is 0 Å². The molecule has 0 spiro atoms. The number of methoxy groups -OCH3 is 1. The first-order valence-electron chi connectivity index (χ1n) is 4.93. The van der Waals surface area contributed by atoms with Crippen LogP contribution >= 0.6 is 0 Å². The fourth-order valence-corrected chi connectivity index (χ4v) is 1.88. The van der Waals surface area contributed by atoms with Crippen LogP contribution < -0.4 is 4.90 Å². The van der Waals surface area contributed by atoms with E-state index in [2.05, 4.69) is 9.97 Å². The molecule has 5 nitrogen and oxygen atoms in total. The molecule has 1 atom stereocenters. The molecule has 2 rings (SSSR count). The third-order valence-electron chi connectivity index (χ3n) is 2.59. The van der Waals surface area contributed by atoms with Crippen molar-refractivity contribution < 1.29 is 9.53 Å². The predicted molar refractivity (Wildman–Crippen MR) is 54.4 cm³/mol. The summed E-state index contributed by atoms with van der Waals surface area (Å²) in [6.45, 7) is 0.844. The molecule has 15 heavy (non-hydrogen) atoms. The van der Waals surface area contributed by atoms with Crippen molar-refractivity contribution in [1.29, 1.82) is 0 Å². The van der Waals surface area contributed by atoms with Crippen LogP contribution in [0.3, 0.4) is 0 Å². The van der Waals surface area contributed by atoms with E-state index in [-0.39, 0.29) is 12.0 Å². The minimum absolute atomic E-state index is 0.189. The van der Waals surface area contributed by atoms with E-state index < -0.39 is 0 Å². The van der Waals surface area contributed by atoms with Gasteiger partial charge in [-0.3, -0.25) is 0 Å². The molecule has 1 fully saturated rings. The maximum absolute atomic E-state index is 11.5. The summed E-state index contributed by atoms with van der Waals surface area (Å²) in [5, 5.41) is 0. The molecule has 0 aromatic carbocycles. The van der Waals surface area contributed by atoms with Crippen molar-refractivity contribution in [3.63, 3.8) is 0 Å². The molecular weight excluding hydrogens is 194 g/mol. The zero-order valence-electron chi connectivity index (χ0n) is 8.59. The summed E-state index contributed by atoms with van der Waals surface area (Å²) in [4.78, 5) is 21.4. The van der Waals surface area contributed by atoms with E-state index in [1.807, 2.05) is 4.90 Å². The molecule has 1 aromatic heterocycles. The summed E-state index contributed by atoms with van der Waals surface area (Å²) < 4.78 is 4.76. The summed E-state index contributed by atoms with van der Waals surface area (Å²) in [7, 11) is 1.42.